The number of rotatable bonds is 4. The lowest BCUT2D eigenvalue weighted by Crippen LogP contribution is -2.10. The Morgan fingerprint density at radius 2 is 1.85 bits per heavy atom. The number of ether oxygens (including phenoxy) is 2. The van der Waals surface area contributed by atoms with Crippen LogP contribution in [0.3, 0.4) is 0 Å². The quantitative estimate of drug-likeness (QED) is 0.611. The second-order valence-corrected chi connectivity index (χ2v) is 4.15. The molecular formula is C15H17F3O2. The lowest BCUT2D eigenvalue weighted by atomic mass is 10.0. The molecule has 0 unspecified atom stereocenters. The molecule has 0 aliphatic carbocycles. The number of benzene rings is 1. The Morgan fingerprint density at radius 3 is 2.35 bits per heavy atom. The number of hydrogen-bond acceptors (Lipinski definition) is 2. The molecule has 0 saturated carbocycles. The fourth-order valence-electron chi connectivity index (χ4n) is 1.68. The second kappa shape index (κ2) is 7.32. The lowest BCUT2D eigenvalue weighted by molar-refractivity contribution is -0.137. The average molecular weight is 286 g/mol. The van der Waals surface area contributed by atoms with Gasteiger partial charge >= 0.3 is 6.18 Å². The van der Waals surface area contributed by atoms with Crippen molar-refractivity contribution in [2.75, 3.05) is 14.2 Å². The van der Waals surface area contributed by atoms with Gasteiger partial charge in [0.2, 0.25) is 0 Å². The summed E-state index contributed by atoms with van der Waals surface area (Å²) in [5.41, 5.74) is 0.0431. The molecule has 0 fully saturated rings. The van der Waals surface area contributed by atoms with Gasteiger partial charge in [-0.25, -0.2) is 0 Å². The highest BCUT2D eigenvalue weighted by Gasteiger charge is 2.31. The number of methoxy groups -OCH3 is 2. The molecule has 0 bridgehead atoms. The van der Waals surface area contributed by atoms with Gasteiger partial charge in [-0.1, -0.05) is 24.8 Å². The Balaban J connectivity index is 3.27. The van der Waals surface area contributed by atoms with Crippen molar-refractivity contribution in [2.24, 2.45) is 0 Å². The molecule has 1 aromatic carbocycles. The van der Waals surface area contributed by atoms with E-state index >= 15 is 0 Å². The van der Waals surface area contributed by atoms with Gasteiger partial charge in [0.25, 0.3) is 0 Å². The molecule has 20 heavy (non-hydrogen) atoms. The van der Waals surface area contributed by atoms with Crippen molar-refractivity contribution in [3.8, 4) is 11.8 Å². The highest BCUT2D eigenvalue weighted by molar-refractivity contribution is 5.45. The summed E-state index contributed by atoms with van der Waals surface area (Å²) >= 11 is 0. The van der Waals surface area contributed by atoms with Crippen molar-refractivity contribution in [1.82, 2.24) is 0 Å². The van der Waals surface area contributed by atoms with Crippen molar-refractivity contribution < 1.29 is 22.6 Å². The normalized spacial score (nSPS) is 11.3. The van der Waals surface area contributed by atoms with Crippen LogP contribution in [0, 0.1) is 11.8 Å². The Labute approximate surface area is 116 Å². The highest BCUT2D eigenvalue weighted by Crippen LogP contribution is 2.32. The van der Waals surface area contributed by atoms with E-state index in [-0.39, 0.29) is 5.56 Å². The van der Waals surface area contributed by atoms with Crippen LogP contribution in [0.4, 0.5) is 13.2 Å². The molecule has 0 aromatic heterocycles. The van der Waals surface area contributed by atoms with Crippen LogP contribution in [0.1, 0.15) is 42.7 Å². The average Bonchev–Trinajstić information content (AvgIpc) is 2.40. The van der Waals surface area contributed by atoms with E-state index in [1.54, 1.807) is 0 Å². The third kappa shape index (κ3) is 4.26. The van der Waals surface area contributed by atoms with Crippen LogP contribution in [-0.2, 0) is 15.7 Å². The largest absolute Gasteiger partial charge is 0.416 e. The molecule has 0 N–H and O–H groups in total. The molecule has 5 heteroatoms. The minimum absolute atomic E-state index is 0.280. The molecule has 0 atom stereocenters. The molecule has 1 aromatic rings. The number of alkyl halides is 3. The van der Waals surface area contributed by atoms with E-state index in [1.165, 1.54) is 20.3 Å². The van der Waals surface area contributed by atoms with E-state index in [1.807, 2.05) is 6.92 Å². The standard InChI is InChI=1S/C15H17F3O2/c1-4-5-6-7-11-10-12(15(16,17)18)8-9-13(11)14(19-2)20-3/h8-10,14H,4-5H2,1-3H3. The van der Waals surface area contributed by atoms with Gasteiger partial charge in [0.1, 0.15) is 0 Å². The Bertz CT molecular complexity index is 494. The molecule has 0 radical (unpaired) electrons. The summed E-state index contributed by atoms with van der Waals surface area (Å²) < 4.78 is 48.4. The maximum absolute atomic E-state index is 12.7. The summed E-state index contributed by atoms with van der Waals surface area (Å²) in [6, 6.07) is 3.38. The Morgan fingerprint density at radius 1 is 1.20 bits per heavy atom. The van der Waals surface area contributed by atoms with Crippen molar-refractivity contribution >= 4 is 0 Å². The summed E-state index contributed by atoms with van der Waals surface area (Å²) in [7, 11) is 2.85. The van der Waals surface area contributed by atoms with Gasteiger partial charge in [-0.15, -0.1) is 0 Å². The predicted molar refractivity (Wildman–Crippen MR) is 70.0 cm³/mol. The monoisotopic (exact) mass is 286 g/mol. The molecule has 0 aliphatic rings. The molecule has 2 nitrogen and oxygen atoms in total. The van der Waals surface area contributed by atoms with E-state index in [2.05, 4.69) is 11.8 Å². The molecule has 0 spiro atoms. The molecule has 110 valence electrons. The van der Waals surface area contributed by atoms with E-state index in [0.29, 0.717) is 12.0 Å². The summed E-state index contributed by atoms with van der Waals surface area (Å²) in [6.07, 6.45) is -3.65. The fourth-order valence-corrected chi connectivity index (χ4v) is 1.68. The van der Waals surface area contributed by atoms with E-state index in [0.717, 1.165) is 18.6 Å². The first kappa shape index (κ1) is 16.5. The van der Waals surface area contributed by atoms with Gasteiger partial charge in [0.15, 0.2) is 6.29 Å². The number of hydrogen-bond donors (Lipinski definition) is 0. The minimum Gasteiger partial charge on any atom is -0.352 e. The lowest BCUT2D eigenvalue weighted by Gasteiger charge is -2.17. The molecule has 0 heterocycles. The zero-order chi connectivity index (χ0) is 15.2. The van der Waals surface area contributed by atoms with Crippen LogP contribution in [-0.4, -0.2) is 14.2 Å². The summed E-state index contributed by atoms with van der Waals surface area (Å²) in [4.78, 5) is 0. The van der Waals surface area contributed by atoms with Crippen molar-refractivity contribution in [3.63, 3.8) is 0 Å². The maximum Gasteiger partial charge on any atom is 0.416 e. The fraction of sp³-hybridized carbons (Fsp3) is 0.467. The SMILES string of the molecule is CCCC#Cc1cc(C(F)(F)F)ccc1C(OC)OC. The zero-order valence-corrected chi connectivity index (χ0v) is 11.7. The Kier molecular flexibility index (Phi) is 6.05. The third-order valence-electron chi connectivity index (χ3n) is 2.66. The van der Waals surface area contributed by atoms with Gasteiger partial charge in [-0.2, -0.15) is 13.2 Å². The van der Waals surface area contributed by atoms with Gasteiger partial charge in [0.05, 0.1) is 5.56 Å². The molecular weight excluding hydrogens is 269 g/mol. The van der Waals surface area contributed by atoms with Gasteiger partial charge in [-0.05, 0) is 18.6 Å². The second-order valence-electron chi connectivity index (χ2n) is 4.15. The van der Waals surface area contributed by atoms with Gasteiger partial charge < -0.3 is 9.47 Å². The summed E-state index contributed by atoms with van der Waals surface area (Å²) in [6.45, 7) is 1.95. The van der Waals surface area contributed by atoms with Crippen LogP contribution in [0.2, 0.25) is 0 Å². The zero-order valence-electron chi connectivity index (χ0n) is 11.7. The van der Waals surface area contributed by atoms with Crippen LogP contribution in [0.25, 0.3) is 0 Å². The minimum atomic E-state index is -4.39. The predicted octanol–water partition coefficient (Wildman–Crippen LogP) is 4.15. The van der Waals surface area contributed by atoms with Crippen LogP contribution in [0.15, 0.2) is 18.2 Å². The third-order valence-corrected chi connectivity index (χ3v) is 2.66. The summed E-state index contributed by atoms with van der Waals surface area (Å²) in [5.74, 6) is 5.61. The van der Waals surface area contributed by atoms with Crippen molar-refractivity contribution in [1.29, 1.82) is 0 Å². The van der Waals surface area contributed by atoms with Gasteiger partial charge in [0, 0.05) is 31.8 Å². The molecule has 0 saturated heterocycles. The van der Waals surface area contributed by atoms with Crippen molar-refractivity contribution in [3.05, 3.63) is 34.9 Å². The van der Waals surface area contributed by atoms with E-state index in [4.69, 9.17) is 9.47 Å². The van der Waals surface area contributed by atoms with Crippen LogP contribution < -0.4 is 0 Å². The van der Waals surface area contributed by atoms with E-state index < -0.39 is 18.0 Å². The van der Waals surface area contributed by atoms with Gasteiger partial charge in [-0.3, -0.25) is 0 Å². The molecule has 0 amide bonds. The van der Waals surface area contributed by atoms with Crippen LogP contribution in [0.5, 0.6) is 0 Å². The van der Waals surface area contributed by atoms with E-state index in [9.17, 15) is 13.2 Å². The first-order valence-corrected chi connectivity index (χ1v) is 6.19. The smallest absolute Gasteiger partial charge is 0.352 e. The van der Waals surface area contributed by atoms with Crippen LogP contribution >= 0.6 is 0 Å². The topological polar surface area (TPSA) is 18.5 Å². The first-order chi connectivity index (χ1) is 9.43. The Hall–Kier alpha value is -1.51. The van der Waals surface area contributed by atoms with Crippen molar-refractivity contribution in [2.45, 2.75) is 32.2 Å². The molecule has 1 rings (SSSR count). The first-order valence-electron chi connectivity index (χ1n) is 6.19. The number of unbranched alkanes of at least 4 members (excludes halogenated alkanes) is 1. The maximum atomic E-state index is 12.7. The molecule has 0 aliphatic heterocycles. The number of halogens is 3. The highest BCUT2D eigenvalue weighted by atomic mass is 19.4. The summed E-state index contributed by atoms with van der Waals surface area (Å²) in [5, 5.41) is 0.